The van der Waals surface area contributed by atoms with Crippen molar-refractivity contribution in [3.05, 3.63) is 23.4 Å². The van der Waals surface area contributed by atoms with Crippen molar-refractivity contribution in [3.63, 3.8) is 0 Å². The van der Waals surface area contributed by atoms with Crippen LogP contribution in [0.3, 0.4) is 0 Å². The molecule has 1 aliphatic heterocycles. The van der Waals surface area contributed by atoms with Crippen LogP contribution in [-0.4, -0.2) is 54.2 Å². The minimum atomic E-state index is -0.896. The fraction of sp³-hybridized carbons (Fsp3) is 0.625. The summed E-state index contributed by atoms with van der Waals surface area (Å²) in [7, 11) is 4.16. The van der Waals surface area contributed by atoms with E-state index in [1.165, 1.54) is 0 Å². The number of carboxylic acids is 1. The highest BCUT2D eigenvalue weighted by atomic mass is 16.4. The molecular formula is C16H25N3O2. The summed E-state index contributed by atoms with van der Waals surface area (Å²) in [5.74, 6) is -0.114. The lowest BCUT2D eigenvalue weighted by molar-refractivity contribution is 0.0696. The van der Waals surface area contributed by atoms with Crippen molar-refractivity contribution >= 4 is 11.8 Å². The Morgan fingerprint density at radius 2 is 2.05 bits per heavy atom. The van der Waals surface area contributed by atoms with Gasteiger partial charge in [0.2, 0.25) is 0 Å². The van der Waals surface area contributed by atoms with E-state index in [0.717, 1.165) is 31.0 Å². The highest BCUT2D eigenvalue weighted by Crippen LogP contribution is 2.27. The van der Waals surface area contributed by atoms with Crippen molar-refractivity contribution in [2.24, 2.45) is 0 Å². The van der Waals surface area contributed by atoms with E-state index in [0.29, 0.717) is 11.6 Å². The van der Waals surface area contributed by atoms with Crippen LogP contribution in [0, 0.1) is 0 Å². The van der Waals surface area contributed by atoms with Gasteiger partial charge in [0.15, 0.2) is 0 Å². The molecule has 1 aromatic rings. The molecule has 1 saturated heterocycles. The number of carbonyl (C=O) groups is 1. The first-order valence-corrected chi connectivity index (χ1v) is 7.35. The molecule has 1 atom stereocenters. The molecule has 0 aliphatic carbocycles. The molecule has 5 heteroatoms. The van der Waals surface area contributed by atoms with E-state index in [2.05, 4.69) is 44.7 Å². The Morgan fingerprint density at radius 1 is 1.38 bits per heavy atom. The van der Waals surface area contributed by atoms with Gasteiger partial charge in [-0.2, -0.15) is 0 Å². The second-order valence-corrected chi connectivity index (χ2v) is 7.01. The quantitative estimate of drug-likeness (QED) is 0.925. The summed E-state index contributed by atoms with van der Waals surface area (Å²) in [6, 6.07) is 3.87. The zero-order chi connectivity index (χ0) is 15.8. The van der Waals surface area contributed by atoms with E-state index < -0.39 is 5.97 Å². The normalized spacial score (nSPS) is 19.3. The van der Waals surface area contributed by atoms with Crippen LogP contribution in [-0.2, 0) is 5.41 Å². The van der Waals surface area contributed by atoms with Gasteiger partial charge in [0.1, 0.15) is 5.82 Å². The topological polar surface area (TPSA) is 56.7 Å². The number of hydrogen-bond acceptors (Lipinski definition) is 4. The van der Waals surface area contributed by atoms with Crippen LogP contribution in [0.15, 0.2) is 12.1 Å². The number of anilines is 1. The van der Waals surface area contributed by atoms with Gasteiger partial charge in [-0.15, -0.1) is 0 Å². The molecule has 2 heterocycles. The number of aromatic nitrogens is 1. The summed E-state index contributed by atoms with van der Waals surface area (Å²) in [5, 5.41) is 9.33. The molecule has 2 rings (SSSR count). The molecule has 0 saturated carbocycles. The molecule has 1 aromatic heterocycles. The minimum Gasteiger partial charge on any atom is -0.478 e. The van der Waals surface area contributed by atoms with Crippen molar-refractivity contribution < 1.29 is 9.90 Å². The molecule has 0 radical (unpaired) electrons. The Hall–Kier alpha value is -1.62. The Kier molecular flexibility index (Phi) is 4.23. The Balaban J connectivity index is 2.35. The summed E-state index contributed by atoms with van der Waals surface area (Å²) in [6.07, 6.45) is 1.08. The number of carboxylic acid groups (broad SMARTS) is 1. The van der Waals surface area contributed by atoms with Crippen molar-refractivity contribution in [1.82, 2.24) is 9.88 Å². The molecule has 0 amide bonds. The molecule has 1 fully saturated rings. The molecule has 0 aromatic carbocycles. The first kappa shape index (κ1) is 15.8. The van der Waals surface area contributed by atoms with Gasteiger partial charge in [-0.1, -0.05) is 20.8 Å². The van der Waals surface area contributed by atoms with E-state index in [-0.39, 0.29) is 5.41 Å². The second kappa shape index (κ2) is 5.64. The number of aromatic carboxylic acids is 1. The maximum Gasteiger partial charge on any atom is 0.335 e. The van der Waals surface area contributed by atoms with Crippen LogP contribution in [0.4, 0.5) is 5.82 Å². The molecule has 0 spiro atoms. The van der Waals surface area contributed by atoms with E-state index >= 15 is 0 Å². The number of likely N-dealkylation sites (N-methyl/N-ethyl adjacent to an activating group) is 1. The third-order valence-electron chi connectivity index (χ3n) is 4.04. The standard InChI is InChI=1S/C16H25N3O2/c1-16(2,3)13-8-11(15(20)21)9-14(17-13)19-7-6-12(10-19)18(4)5/h8-9,12H,6-7,10H2,1-5H3,(H,20,21). The molecule has 0 bridgehead atoms. The molecular weight excluding hydrogens is 266 g/mol. The first-order chi connectivity index (χ1) is 9.68. The third-order valence-corrected chi connectivity index (χ3v) is 4.04. The highest BCUT2D eigenvalue weighted by Gasteiger charge is 2.27. The van der Waals surface area contributed by atoms with Crippen LogP contribution in [0.1, 0.15) is 43.2 Å². The predicted molar refractivity (Wildman–Crippen MR) is 84.2 cm³/mol. The zero-order valence-corrected chi connectivity index (χ0v) is 13.6. The van der Waals surface area contributed by atoms with E-state index in [1.807, 2.05) is 0 Å². The average Bonchev–Trinajstić information content (AvgIpc) is 2.86. The van der Waals surface area contributed by atoms with Crippen LogP contribution in [0.25, 0.3) is 0 Å². The zero-order valence-electron chi connectivity index (χ0n) is 13.6. The maximum atomic E-state index is 11.4. The molecule has 1 aliphatic rings. The molecule has 21 heavy (non-hydrogen) atoms. The Morgan fingerprint density at radius 3 is 2.52 bits per heavy atom. The van der Waals surface area contributed by atoms with Gasteiger partial charge in [-0.3, -0.25) is 0 Å². The van der Waals surface area contributed by atoms with Crippen molar-refractivity contribution in [2.75, 3.05) is 32.1 Å². The van der Waals surface area contributed by atoms with Gasteiger partial charge in [-0.05, 0) is 32.6 Å². The van der Waals surface area contributed by atoms with Gasteiger partial charge < -0.3 is 14.9 Å². The van der Waals surface area contributed by atoms with E-state index in [9.17, 15) is 9.90 Å². The molecule has 5 nitrogen and oxygen atoms in total. The monoisotopic (exact) mass is 291 g/mol. The van der Waals surface area contributed by atoms with Crippen LogP contribution in [0.2, 0.25) is 0 Å². The van der Waals surface area contributed by atoms with E-state index in [4.69, 9.17) is 4.98 Å². The van der Waals surface area contributed by atoms with Crippen molar-refractivity contribution in [2.45, 2.75) is 38.6 Å². The number of hydrogen-bond donors (Lipinski definition) is 1. The summed E-state index contributed by atoms with van der Waals surface area (Å²) >= 11 is 0. The highest BCUT2D eigenvalue weighted by molar-refractivity contribution is 5.88. The third kappa shape index (κ3) is 3.53. The van der Waals surface area contributed by atoms with Gasteiger partial charge in [0.25, 0.3) is 0 Å². The van der Waals surface area contributed by atoms with Gasteiger partial charge in [-0.25, -0.2) is 9.78 Å². The molecule has 1 unspecified atom stereocenters. The van der Waals surface area contributed by atoms with Crippen LogP contribution in [0.5, 0.6) is 0 Å². The fourth-order valence-electron chi connectivity index (χ4n) is 2.56. The second-order valence-electron chi connectivity index (χ2n) is 7.01. The number of pyridine rings is 1. The fourth-order valence-corrected chi connectivity index (χ4v) is 2.56. The summed E-state index contributed by atoms with van der Waals surface area (Å²) in [4.78, 5) is 20.5. The smallest absolute Gasteiger partial charge is 0.335 e. The number of nitrogens with zero attached hydrogens (tertiary/aromatic N) is 3. The average molecular weight is 291 g/mol. The lowest BCUT2D eigenvalue weighted by Crippen LogP contribution is -2.32. The van der Waals surface area contributed by atoms with Crippen LogP contribution >= 0.6 is 0 Å². The molecule has 116 valence electrons. The van der Waals surface area contributed by atoms with Crippen molar-refractivity contribution in [3.8, 4) is 0 Å². The van der Waals surface area contributed by atoms with Gasteiger partial charge >= 0.3 is 5.97 Å². The summed E-state index contributed by atoms with van der Waals surface area (Å²) < 4.78 is 0. The largest absolute Gasteiger partial charge is 0.478 e. The first-order valence-electron chi connectivity index (χ1n) is 7.35. The Labute approximate surface area is 126 Å². The van der Waals surface area contributed by atoms with E-state index in [1.54, 1.807) is 12.1 Å². The van der Waals surface area contributed by atoms with Crippen LogP contribution < -0.4 is 4.90 Å². The SMILES string of the molecule is CN(C)C1CCN(c2cc(C(=O)O)cc(C(C)(C)C)n2)C1. The van der Waals surface area contributed by atoms with Gasteiger partial charge in [0.05, 0.1) is 5.56 Å². The predicted octanol–water partition coefficient (Wildman–Crippen LogP) is 2.22. The lowest BCUT2D eigenvalue weighted by Gasteiger charge is -2.24. The maximum absolute atomic E-state index is 11.4. The Bertz CT molecular complexity index is 535. The summed E-state index contributed by atoms with van der Waals surface area (Å²) in [6.45, 7) is 7.97. The number of rotatable bonds is 3. The lowest BCUT2D eigenvalue weighted by atomic mass is 9.90. The molecule has 1 N–H and O–H groups in total. The van der Waals surface area contributed by atoms with Crippen molar-refractivity contribution in [1.29, 1.82) is 0 Å². The minimum absolute atomic E-state index is 0.166. The summed E-state index contributed by atoms with van der Waals surface area (Å²) in [5.41, 5.74) is 0.977. The van der Waals surface area contributed by atoms with Gasteiger partial charge in [0, 0.05) is 30.2 Å².